The molecule has 1 saturated carbocycles. The van der Waals surface area contributed by atoms with Crippen LogP contribution in [0.25, 0.3) is 0 Å². The number of hydrogen-bond donors (Lipinski definition) is 2. The second kappa shape index (κ2) is 4.16. The van der Waals surface area contributed by atoms with Gasteiger partial charge in [0.2, 0.25) is 0 Å². The minimum atomic E-state index is -2.52. The highest BCUT2D eigenvalue weighted by Crippen LogP contribution is 2.49. The summed E-state index contributed by atoms with van der Waals surface area (Å²) in [7, 11) is 0. The van der Waals surface area contributed by atoms with Gasteiger partial charge in [0.15, 0.2) is 0 Å². The van der Waals surface area contributed by atoms with E-state index in [1.54, 1.807) is 0 Å². The number of rotatable bonds is 3. The summed E-state index contributed by atoms with van der Waals surface area (Å²) in [5.74, 6) is 0.473. The molecular formula is C13H16F2N2O. The van der Waals surface area contributed by atoms with Crippen molar-refractivity contribution in [3.05, 3.63) is 33.7 Å². The van der Waals surface area contributed by atoms with Crippen LogP contribution in [0.1, 0.15) is 30.4 Å². The number of H-pyrrole nitrogens is 1. The van der Waals surface area contributed by atoms with Gasteiger partial charge in [-0.2, -0.15) is 0 Å². The largest absolute Gasteiger partial charge is 0.328 e. The Balaban J connectivity index is 1.69. The van der Waals surface area contributed by atoms with Crippen molar-refractivity contribution in [3.8, 4) is 0 Å². The van der Waals surface area contributed by atoms with Crippen molar-refractivity contribution < 1.29 is 8.78 Å². The highest BCUT2D eigenvalue weighted by Gasteiger charge is 2.48. The van der Waals surface area contributed by atoms with Crippen molar-refractivity contribution in [1.82, 2.24) is 10.3 Å². The first-order valence-electron chi connectivity index (χ1n) is 6.28. The molecule has 1 aromatic rings. The van der Waals surface area contributed by atoms with Gasteiger partial charge in [-0.25, -0.2) is 8.78 Å². The number of halogens is 2. The van der Waals surface area contributed by atoms with E-state index in [1.807, 2.05) is 0 Å². The molecule has 3 nitrogen and oxygen atoms in total. The Labute approximate surface area is 104 Å². The molecule has 0 bridgehead atoms. The van der Waals surface area contributed by atoms with E-state index >= 15 is 0 Å². The van der Waals surface area contributed by atoms with Crippen LogP contribution in [0, 0.1) is 11.3 Å². The summed E-state index contributed by atoms with van der Waals surface area (Å²) in [5.41, 5.74) is 0.633. The van der Waals surface area contributed by atoms with Gasteiger partial charge < -0.3 is 10.3 Å². The molecule has 1 saturated heterocycles. The molecule has 1 aromatic heterocycles. The molecule has 98 valence electrons. The molecule has 2 fully saturated rings. The fourth-order valence-corrected chi connectivity index (χ4v) is 3.22. The lowest BCUT2D eigenvalue weighted by atomic mass is 9.57. The molecule has 0 atom stereocenters. The third-order valence-electron chi connectivity index (χ3n) is 4.21. The fourth-order valence-electron chi connectivity index (χ4n) is 3.22. The fraction of sp³-hybridized carbons (Fsp3) is 0.615. The predicted octanol–water partition coefficient (Wildman–Crippen LogP) is 1.85. The van der Waals surface area contributed by atoms with Gasteiger partial charge in [-0.3, -0.25) is 4.79 Å². The Hall–Kier alpha value is -1.23. The van der Waals surface area contributed by atoms with Gasteiger partial charge in [-0.05, 0) is 36.7 Å². The first kappa shape index (κ1) is 11.8. The van der Waals surface area contributed by atoms with Gasteiger partial charge in [0.1, 0.15) is 0 Å². The monoisotopic (exact) mass is 254 g/mol. The Kier molecular flexibility index (Phi) is 2.73. The highest BCUT2D eigenvalue weighted by atomic mass is 19.3. The molecule has 2 N–H and O–H groups in total. The maximum absolute atomic E-state index is 12.6. The van der Waals surface area contributed by atoms with Crippen LogP contribution in [-0.2, 0) is 6.42 Å². The van der Waals surface area contributed by atoms with E-state index in [0.717, 1.165) is 32.1 Å². The van der Waals surface area contributed by atoms with Crippen LogP contribution in [0.15, 0.2) is 17.1 Å². The smallest absolute Gasteiger partial charge is 0.265 e. The lowest BCUT2D eigenvalue weighted by molar-refractivity contribution is 0.000720. The van der Waals surface area contributed by atoms with Crippen molar-refractivity contribution in [2.75, 3.05) is 13.1 Å². The van der Waals surface area contributed by atoms with Crippen LogP contribution in [0.2, 0.25) is 0 Å². The van der Waals surface area contributed by atoms with Crippen LogP contribution < -0.4 is 10.9 Å². The molecule has 3 rings (SSSR count). The van der Waals surface area contributed by atoms with Crippen LogP contribution in [0.4, 0.5) is 8.78 Å². The van der Waals surface area contributed by atoms with Gasteiger partial charge >= 0.3 is 0 Å². The van der Waals surface area contributed by atoms with Crippen LogP contribution >= 0.6 is 0 Å². The first-order valence-corrected chi connectivity index (χ1v) is 6.28. The summed E-state index contributed by atoms with van der Waals surface area (Å²) < 4.78 is 25.1. The Morgan fingerprint density at radius 2 is 2.11 bits per heavy atom. The van der Waals surface area contributed by atoms with Crippen LogP contribution in [0.5, 0.6) is 0 Å². The summed E-state index contributed by atoms with van der Waals surface area (Å²) in [5, 5.41) is 3.26. The minimum absolute atomic E-state index is 0.0936. The molecule has 2 heterocycles. The van der Waals surface area contributed by atoms with Gasteiger partial charge in [0.25, 0.3) is 12.0 Å². The average Bonchev–Trinajstić information content (AvgIpc) is 2.22. The van der Waals surface area contributed by atoms with E-state index in [9.17, 15) is 13.6 Å². The van der Waals surface area contributed by atoms with E-state index in [-0.39, 0.29) is 11.1 Å². The number of aromatic amines is 1. The Bertz CT molecular complexity index is 500. The highest BCUT2D eigenvalue weighted by molar-refractivity contribution is 5.21. The molecule has 1 aliphatic heterocycles. The van der Waals surface area contributed by atoms with Crippen LogP contribution in [0.3, 0.4) is 0 Å². The molecule has 0 aromatic carbocycles. The lowest BCUT2D eigenvalue weighted by Gasteiger charge is -2.54. The molecule has 18 heavy (non-hydrogen) atoms. The van der Waals surface area contributed by atoms with E-state index in [0.29, 0.717) is 23.3 Å². The zero-order chi connectivity index (χ0) is 12.8. The summed E-state index contributed by atoms with van der Waals surface area (Å²) in [6, 6.07) is 1.35. The number of pyridine rings is 1. The van der Waals surface area contributed by atoms with Crippen molar-refractivity contribution in [1.29, 1.82) is 0 Å². The second-order valence-corrected chi connectivity index (χ2v) is 5.67. The van der Waals surface area contributed by atoms with Crippen molar-refractivity contribution in [3.63, 3.8) is 0 Å². The second-order valence-electron chi connectivity index (χ2n) is 5.67. The first-order chi connectivity index (χ1) is 8.58. The summed E-state index contributed by atoms with van der Waals surface area (Å²) in [6.45, 7) is 2.13. The van der Waals surface area contributed by atoms with Gasteiger partial charge in [-0.1, -0.05) is 0 Å². The zero-order valence-corrected chi connectivity index (χ0v) is 10.0. The van der Waals surface area contributed by atoms with Gasteiger partial charge in [-0.15, -0.1) is 0 Å². The molecule has 0 unspecified atom stereocenters. The topological polar surface area (TPSA) is 44.9 Å². The SMILES string of the molecule is O=c1[nH]cc(C(F)F)cc1CC1CC2(CNC2)C1. The molecule has 0 radical (unpaired) electrons. The number of hydrogen-bond acceptors (Lipinski definition) is 2. The Morgan fingerprint density at radius 3 is 2.67 bits per heavy atom. The maximum atomic E-state index is 12.6. The number of nitrogens with one attached hydrogen (secondary N) is 2. The van der Waals surface area contributed by atoms with Crippen molar-refractivity contribution in [2.45, 2.75) is 25.7 Å². The standard InChI is InChI=1S/C13H16F2N2O/c14-11(15)10-2-9(12(18)17-5-10)1-8-3-13(4-8)6-16-7-13/h2,5,8,11,16H,1,3-4,6-7H2,(H,17,18). The third kappa shape index (κ3) is 1.96. The number of alkyl halides is 2. The number of aromatic nitrogens is 1. The Morgan fingerprint density at radius 1 is 1.39 bits per heavy atom. The van der Waals surface area contributed by atoms with Crippen LogP contribution in [-0.4, -0.2) is 18.1 Å². The molecule has 0 amide bonds. The van der Waals surface area contributed by atoms with Crippen molar-refractivity contribution >= 4 is 0 Å². The molecule has 1 aliphatic carbocycles. The molecule has 5 heteroatoms. The van der Waals surface area contributed by atoms with E-state index in [4.69, 9.17) is 0 Å². The van der Waals surface area contributed by atoms with Crippen molar-refractivity contribution in [2.24, 2.45) is 11.3 Å². The van der Waals surface area contributed by atoms with E-state index in [2.05, 4.69) is 10.3 Å². The summed E-state index contributed by atoms with van der Waals surface area (Å²) in [6.07, 6.45) is 1.42. The normalized spacial score (nSPS) is 21.9. The van der Waals surface area contributed by atoms with Gasteiger partial charge in [0.05, 0.1) is 0 Å². The molecular weight excluding hydrogens is 238 g/mol. The van der Waals surface area contributed by atoms with Gasteiger partial charge in [0, 0.05) is 30.4 Å². The average molecular weight is 254 g/mol. The predicted molar refractivity (Wildman–Crippen MR) is 63.8 cm³/mol. The maximum Gasteiger partial charge on any atom is 0.265 e. The summed E-state index contributed by atoms with van der Waals surface area (Å²) in [4.78, 5) is 14.0. The quantitative estimate of drug-likeness (QED) is 0.864. The lowest BCUT2D eigenvalue weighted by Crippen LogP contribution is -2.60. The minimum Gasteiger partial charge on any atom is -0.328 e. The van der Waals surface area contributed by atoms with E-state index in [1.165, 1.54) is 6.07 Å². The zero-order valence-electron chi connectivity index (χ0n) is 10.0. The molecule has 2 aliphatic rings. The summed E-state index contributed by atoms with van der Waals surface area (Å²) >= 11 is 0. The van der Waals surface area contributed by atoms with E-state index < -0.39 is 6.43 Å². The molecule has 1 spiro atoms. The third-order valence-corrected chi connectivity index (χ3v) is 4.21.